The van der Waals surface area contributed by atoms with Gasteiger partial charge in [-0.3, -0.25) is 4.79 Å². The molecule has 0 unspecified atom stereocenters. The van der Waals surface area contributed by atoms with E-state index < -0.39 is 5.41 Å². The Morgan fingerprint density at radius 2 is 2.00 bits per heavy atom. The predicted molar refractivity (Wildman–Crippen MR) is 50.3 cm³/mol. The van der Waals surface area contributed by atoms with Gasteiger partial charge in [-0.2, -0.15) is 0 Å². The minimum atomic E-state index is -0.576. The largest absolute Gasteiger partial charge is 0.465 e. The molecule has 0 saturated heterocycles. The van der Waals surface area contributed by atoms with Gasteiger partial charge in [0.2, 0.25) is 0 Å². The van der Waals surface area contributed by atoms with Crippen LogP contribution in [0.4, 0.5) is 0 Å². The molecular formula is C9H19NO3. The third-order valence-corrected chi connectivity index (χ3v) is 1.79. The van der Waals surface area contributed by atoms with Gasteiger partial charge in [-0.25, -0.2) is 0 Å². The molecule has 0 aromatic heterocycles. The van der Waals surface area contributed by atoms with Crippen molar-refractivity contribution < 1.29 is 14.3 Å². The van der Waals surface area contributed by atoms with Crippen molar-refractivity contribution in [2.45, 2.75) is 20.3 Å². The first-order valence-electron chi connectivity index (χ1n) is 4.41. The predicted octanol–water partition coefficient (Wildman–Crippen LogP) is 0.551. The number of rotatable bonds is 6. The third-order valence-electron chi connectivity index (χ3n) is 1.79. The molecule has 2 N–H and O–H groups in total. The minimum absolute atomic E-state index is 0.244. The Hall–Kier alpha value is -0.610. The number of methoxy groups -OCH3 is 1. The summed E-state index contributed by atoms with van der Waals surface area (Å²) in [4.78, 5) is 11.3. The number of nitrogens with two attached hydrogens (primary N) is 1. The number of esters is 1. The van der Waals surface area contributed by atoms with E-state index in [1.165, 1.54) is 0 Å². The molecule has 0 aliphatic rings. The van der Waals surface area contributed by atoms with E-state index in [1.807, 2.05) is 0 Å². The van der Waals surface area contributed by atoms with E-state index in [2.05, 4.69) is 0 Å². The maximum atomic E-state index is 11.3. The summed E-state index contributed by atoms with van der Waals surface area (Å²) in [6, 6.07) is 0. The molecule has 0 aromatic rings. The van der Waals surface area contributed by atoms with E-state index in [1.54, 1.807) is 21.0 Å². The first-order valence-corrected chi connectivity index (χ1v) is 4.41. The van der Waals surface area contributed by atoms with Crippen molar-refractivity contribution in [3.63, 3.8) is 0 Å². The first kappa shape index (κ1) is 12.4. The van der Waals surface area contributed by atoms with Crippen molar-refractivity contribution in [2.24, 2.45) is 11.1 Å². The quantitative estimate of drug-likeness (QED) is 0.489. The zero-order valence-electron chi connectivity index (χ0n) is 8.63. The van der Waals surface area contributed by atoms with Crippen LogP contribution in [-0.4, -0.2) is 32.8 Å². The van der Waals surface area contributed by atoms with Crippen molar-refractivity contribution in [1.29, 1.82) is 0 Å². The molecule has 0 rings (SSSR count). The summed E-state index contributed by atoms with van der Waals surface area (Å²) in [7, 11) is 1.62. The van der Waals surface area contributed by atoms with Crippen LogP contribution in [0.1, 0.15) is 20.3 Å². The Labute approximate surface area is 79.4 Å². The van der Waals surface area contributed by atoms with Crippen molar-refractivity contribution in [1.82, 2.24) is 0 Å². The van der Waals surface area contributed by atoms with E-state index >= 15 is 0 Å². The van der Waals surface area contributed by atoms with Gasteiger partial charge in [0.1, 0.15) is 0 Å². The summed E-state index contributed by atoms with van der Waals surface area (Å²) < 4.78 is 9.82. The number of ether oxygens (including phenoxy) is 2. The van der Waals surface area contributed by atoms with Crippen molar-refractivity contribution in [3.05, 3.63) is 0 Å². The van der Waals surface area contributed by atoms with Crippen molar-refractivity contribution >= 4 is 5.97 Å². The van der Waals surface area contributed by atoms with Crippen LogP contribution < -0.4 is 5.73 Å². The molecule has 0 saturated carbocycles. The zero-order valence-corrected chi connectivity index (χ0v) is 8.63. The number of hydrogen-bond donors (Lipinski definition) is 1. The lowest BCUT2D eigenvalue weighted by Gasteiger charge is -2.19. The number of hydrogen-bond acceptors (Lipinski definition) is 4. The molecule has 0 radical (unpaired) electrons. The zero-order chi connectivity index (χ0) is 10.3. The summed E-state index contributed by atoms with van der Waals surface area (Å²) >= 11 is 0. The summed E-state index contributed by atoms with van der Waals surface area (Å²) in [6.07, 6.45) is 0.725. The van der Waals surface area contributed by atoms with Crippen molar-refractivity contribution in [3.8, 4) is 0 Å². The van der Waals surface area contributed by atoms with E-state index in [-0.39, 0.29) is 5.97 Å². The summed E-state index contributed by atoms with van der Waals surface area (Å²) in [6.45, 7) is 4.85. The Morgan fingerprint density at radius 3 is 2.46 bits per heavy atom. The van der Waals surface area contributed by atoms with Gasteiger partial charge in [0.25, 0.3) is 0 Å². The lowest BCUT2D eigenvalue weighted by molar-refractivity contribution is -0.153. The van der Waals surface area contributed by atoms with E-state index in [0.717, 1.165) is 6.42 Å². The second-order valence-corrected chi connectivity index (χ2v) is 3.57. The molecule has 0 atom stereocenters. The summed E-state index contributed by atoms with van der Waals surface area (Å²) in [5.74, 6) is -0.244. The monoisotopic (exact) mass is 189 g/mol. The number of carbonyl (C=O) groups excluding carboxylic acids is 1. The minimum Gasteiger partial charge on any atom is -0.465 e. The topological polar surface area (TPSA) is 61.5 Å². The molecule has 0 fully saturated rings. The van der Waals surface area contributed by atoms with Crippen LogP contribution in [0.2, 0.25) is 0 Å². The molecule has 4 heteroatoms. The molecule has 0 aromatic carbocycles. The Balaban J connectivity index is 3.62. The molecule has 0 amide bonds. The summed E-state index contributed by atoms with van der Waals surface area (Å²) in [5, 5.41) is 0. The van der Waals surface area contributed by atoms with Crippen LogP contribution in [0.25, 0.3) is 0 Å². The highest BCUT2D eigenvalue weighted by molar-refractivity contribution is 5.76. The van der Waals surface area contributed by atoms with E-state index in [9.17, 15) is 4.79 Å². The average molecular weight is 189 g/mol. The van der Waals surface area contributed by atoms with Crippen LogP contribution in [0.15, 0.2) is 0 Å². The van der Waals surface area contributed by atoms with Gasteiger partial charge >= 0.3 is 5.97 Å². The van der Waals surface area contributed by atoms with E-state index in [4.69, 9.17) is 15.2 Å². The normalized spacial score (nSPS) is 11.4. The lowest BCUT2D eigenvalue weighted by atomic mass is 9.94. The molecule has 0 bridgehead atoms. The molecular weight excluding hydrogens is 170 g/mol. The van der Waals surface area contributed by atoms with Crippen LogP contribution in [0, 0.1) is 5.41 Å². The van der Waals surface area contributed by atoms with Gasteiger partial charge in [-0.05, 0) is 13.8 Å². The molecule has 0 spiro atoms. The van der Waals surface area contributed by atoms with Crippen LogP contribution in [0.3, 0.4) is 0 Å². The highest BCUT2D eigenvalue weighted by Gasteiger charge is 2.27. The fraction of sp³-hybridized carbons (Fsp3) is 0.889. The highest BCUT2D eigenvalue weighted by atomic mass is 16.5. The van der Waals surface area contributed by atoms with Gasteiger partial charge in [0, 0.05) is 26.7 Å². The van der Waals surface area contributed by atoms with Gasteiger partial charge in [-0.15, -0.1) is 0 Å². The van der Waals surface area contributed by atoms with Gasteiger partial charge in [-0.1, -0.05) is 0 Å². The maximum Gasteiger partial charge on any atom is 0.312 e. The Bertz CT molecular complexity index is 157. The molecule has 78 valence electrons. The Morgan fingerprint density at radius 1 is 1.38 bits per heavy atom. The van der Waals surface area contributed by atoms with Crippen molar-refractivity contribution in [2.75, 3.05) is 26.9 Å². The average Bonchev–Trinajstić information content (AvgIpc) is 2.12. The molecule has 0 aliphatic heterocycles. The fourth-order valence-electron chi connectivity index (χ4n) is 0.647. The van der Waals surface area contributed by atoms with Gasteiger partial charge < -0.3 is 15.2 Å². The fourth-order valence-corrected chi connectivity index (χ4v) is 0.647. The maximum absolute atomic E-state index is 11.3. The van der Waals surface area contributed by atoms with Crippen LogP contribution in [0.5, 0.6) is 0 Å². The van der Waals surface area contributed by atoms with Gasteiger partial charge in [0.05, 0.1) is 12.0 Å². The Kier molecular flexibility index (Phi) is 5.66. The highest BCUT2D eigenvalue weighted by Crippen LogP contribution is 2.14. The SMILES string of the molecule is COCCCOC(=O)C(C)(C)CN. The number of carbonyl (C=O) groups is 1. The second-order valence-electron chi connectivity index (χ2n) is 3.57. The van der Waals surface area contributed by atoms with E-state index in [0.29, 0.717) is 19.8 Å². The first-order chi connectivity index (χ1) is 6.04. The third kappa shape index (κ3) is 4.85. The molecule has 13 heavy (non-hydrogen) atoms. The lowest BCUT2D eigenvalue weighted by Crippen LogP contribution is -2.34. The second kappa shape index (κ2) is 5.94. The van der Waals surface area contributed by atoms with Crippen LogP contribution in [-0.2, 0) is 14.3 Å². The van der Waals surface area contributed by atoms with Crippen LogP contribution >= 0.6 is 0 Å². The standard InChI is InChI=1S/C9H19NO3/c1-9(2,7-10)8(11)13-6-4-5-12-3/h4-7,10H2,1-3H3. The van der Waals surface area contributed by atoms with Gasteiger partial charge in [0.15, 0.2) is 0 Å². The summed E-state index contributed by atoms with van der Waals surface area (Å²) in [5.41, 5.74) is 4.84. The smallest absolute Gasteiger partial charge is 0.312 e. The molecule has 0 aliphatic carbocycles. The molecule has 4 nitrogen and oxygen atoms in total. The molecule has 0 heterocycles.